The van der Waals surface area contributed by atoms with E-state index in [2.05, 4.69) is 35.1 Å². The van der Waals surface area contributed by atoms with E-state index in [0.717, 1.165) is 18.0 Å². The molecule has 0 bridgehead atoms. The molecule has 94 valence electrons. The first-order valence-electron chi connectivity index (χ1n) is 6.27. The van der Waals surface area contributed by atoms with Crippen molar-refractivity contribution in [3.63, 3.8) is 0 Å². The lowest BCUT2D eigenvalue weighted by atomic mass is 9.95. The molecule has 17 heavy (non-hydrogen) atoms. The molecule has 1 aliphatic rings. The molecule has 0 heterocycles. The molecule has 2 rings (SSSR count). The summed E-state index contributed by atoms with van der Waals surface area (Å²) in [4.78, 5) is 0. The number of halogens is 2. The maximum atomic E-state index is 13.4. The third kappa shape index (κ3) is 3.52. The van der Waals surface area contributed by atoms with E-state index in [1.165, 1.54) is 18.9 Å². The highest BCUT2D eigenvalue weighted by Gasteiger charge is 2.25. The van der Waals surface area contributed by atoms with Crippen LogP contribution in [-0.2, 0) is 6.42 Å². The summed E-state index contributed by atoms with van der Waals surface area (Å²) in [7, 11) is 0. The molecule has 1 fully saturated rings. The molecule has 1 aromatic rings. The fourth-order valence-electron chi connectivity index (χ4n) is 2.02. The summed E-state index contributed by atoms with van der Waals surface area (Å²) < 4.78 is 14.0. The van der Waals surface area contributed by atoms with Crippen LogP contribution in [0.1, 0.15) is 32.3 Å². The van der Waals surface area contributed by atoms with E-state index in [4.69, 9.17) is 0 Å². The maximum Gasteiger partial charge on any atom is 0.137 e. The second-order valence-corrected chi connectivity index (χ2v) is 5.92. The molecule has 1 saturated carbocycles. The van der Waals surface area contributed by atoms with E-state index in [9.17, 15) is 4.39 Å². The number of hydrogen-bond donors (Lipinski definition) is 1. The van der Waals surface area contributed by atoms with Gasteiger partial charge in [0, 0.05) is 12.1 Å². The topological polar surface area (TPSA) is 12.0 Å². The van der Waals surface area contributed by atoms with Crippen LogP contribution < -0.4 is 5.32 Å². The van der Waals surface area contributed by atoms with Gasteiger partial charge in [0.25, 0.3) is 0 Å². The Morgan fingerprint density at radius 1 is 1.41 bits per heavy atom. The molecule has 1 aromatic carbocycles. The minimum atomic E-state index is -0.169. The van der Waals surface area contributed by atoms with E-state index in [1.807, 2.05) is 6.07 Å². The third-order valence-corrected chi connectivity index (χ3v) is 4.39. The van der Waals surface area contributed by atoms with Gasteiger partial charge in [-0.2, -0.15) is 0 Å². The maximum absolute atomic E-state index is 13.4. The lowest BCUT2D eigenvalue weighted by Crippen LogP contribution is -2.34. The van der Waals surface area contributed by atoms with Gasteiger partial charge >= 0.3 is 0 Å². The van der Waals surface area contributed by atoms with Crippen molar-refractivity contribution in [1.82, 2.24) is 5.32 Å². The monoisotopic (exact) mass is 299 g/mol. The van der Waals surface area contributed by atoms with Crippen LogP contribution in [0.4, 0.5) is 4.39 Å². The van der Waals surface area contributed by atoms with Crippen LogP contribution in [0, 0.1) is 11.7 Å². The summed E-state index contributed by atoms with van der Waals surface area (Å²) in [5.74, 6) is 0.339. The second-order valence-electron chi connectivity index (χ2n) is 5.12. The first-order chi connectivity index (χ1) is 8.08. The fourth-order valence-corrected chi connectivity index (χ4v) is 2.44. The van der Waals surface area contributed by atoms with Crippen molar-refractivity contribution < 1.29 is 4.39 Å². The van der Waals surface area contributed by atoms with Gasteiger partial charge in [-0.1, -0.05) is 19.1 Å². The van der Waals surface area contributed by atoms with Crippen LogP contribution in [0.5, 0.6) is 0 Å². The summed E-state index contributed by atoms with van der Waals surface area (Å²) in [6, 6.07) is 6.47. The average Bonchev–Trinajstić information content (AvgIpc) is 3.08. The predicted molar refractivity (Wildman–Crippen MR) is 72.6 cm³/mol. The molecule has 1 nitrogen and oxygen atoms in total. The quantitative estimate of drug-likeness (QED) is 0.869. The Bertz CT molecular complexity index is 390. The average molecular weight is 300 g/mol. The zero-order chi connectivity index (χ0) is 12.4. The molecule has 1 N–H and O–H groups in total. The molecular weight excluding hydrogens is 281 g/mol. The molecule has 2 atom stereocenters. The number of benzene rings is 1. The lowest BCUT2D eigenvalue weighted by molar-refractivity contribution is 0.395. The van der Waals surface area contributed by atoms with E-state index >= 15 is 0 Å². The molecule has 2 unspecified atom stereocenters. The first-order valence-corrected chi connectivity index (χ1v) is 7.06. The summed E-state index contributed by atoms with van der Waals surface area (Å²) in [6.07, 6.45) is 3.51. The van der Waals surface area contributed by atoms with Crippen LogP contribution in [0.15, 0.2) is 22.7 Å². The van der Waals surface area contributed by atoms with Crippen LogP contribution >= 0.6 is 15.9 Å². The Kier molecular flexibility index (Phi) is 4.21. The molecule has 0 saturated heterocycles. The number of hydrogen-bond acceptors (Lipinski definition) is 1. The van der Waals surface area contributed by atoms with Gasteiger partial charge in [-0.25, -0.2) is 4.39 Å². The Hall–Kier alpha value is -0.410. The normalized spacial score (nSPS) is 19.1. The van der Waals surface area contributed by atoms with E-state index in [-0.39, 0.29) is 5.82 Å². The highest BCUT2D eigenvalue weighted by atomic mass is 79.9. The molecule has 0 radical (unpaired) electrons. The summed E-state index contributed by atoms with van der Waals surface area (Å²) in [6.45, 7) is 4.44. The second kappa shape index (κ2) is 5.49. The number of rotatable bonds is 5. The Morgan fingerprint density at radius 3 is 2.76 bits per heavy atom. The Morgan fingerprint density at radius 2 is 2.12 bits per heavy atom. The molecule has 0 aliphatic heterocycles. The van der Waals surface area contributed by atoms with E-state index in [0.29, 0.717) is 16.4 Å². The van der Waals surface area contributed by atoms with Gasteiger partial charge in [0.05, 0.1) is 4.47 Å². The molecular formula is C14H19BrFN. The summed E-state index contributed by atoms with van der Waals surface area (Å²) >= 11 is 3.33. The van der Waals surface area contributed by atoms with Crippen LogP contribution in [0.2, 0.25) is 0 Å². The van der Waals surface area contributed by atoms with Crippen LogP contribution in [-0.4, -0.2) is 12.1 Å². The molecule has 0 spiro atoms. The zero-order valence-electron chi connectivity index (χ0n) is 10.3. The summed E-state index contributed by atoms with van der Waals surface area (Å²) in [5, 5.41) is 3.60. The lowest BCUT2D eigenvalue weighted by Gasteiger charge is -2.22. The standard InChI is InChI=1S/C14H19BrFN/c1-9(10(2)17-12-6-7-12)8-11-4-3-5-13(16)14(11)15/h3-5,9-10,12,17H,6-8H2,1-2H3. The van der Waals surface area contributed by atoms with Crippen LogP contribution in [0.3, 0.4) is 0 Å². The van der Waals surface area contributed by atoms with E-state index in [1.54, 1.807) is 6.07 Å². The van der Waals surface area contributed by atoms with Gasteiger partial charge < -0.3 is 5.32 Å². The van der Waals surface area contributed by atoms with Crippen molar-refractivity contribution in [2.45, 2.75) is 45.2 Å². The van der Waals surface area contributed by atoms with Crippen molar-refractivity contribution in [3.05, 3.63) is 34.1 Å². The zero-order valence-corrected chi connectivity index (χ0v) is 11.9. The molecule has 1 aliphatic carbocycles. The van der Waals surface area contributed by atoms with Gasteiger partial charge in [-0.3, -0.25) is 0 Å². The predicted octanol–water partition coefficient (Wildman–Crippen LogP) is 3.91. The van der Waals surface area contributed by atoms with Crippen molar-refractivity contribution in [2.24, 2.45) is 5.92 Å². The summed E-state index contributed by atoms with van der Waals surface area (Å²) in [5.41, 5.74) is 1.06. The van der Waals surface area contributed by atoms with Gasteiger partial charge in [0.15, 0.2) is 0 Å². The van der Waals surface area contributed by atoms with Gasteiger partial charge in [0.1, 0.15) is 5.82 Å². The van der Waals surface area contributed by atoms with E-state index < -0.39 is 0 Å². The highest BCUT2D eigenvalue weighted by Crippen LogP contribution is 2.25. The fraction of sp³-hybridized carbons (Fsp3) is 0.571. The van der Waals surface area contributed by atoms with Crippen molar-refractivity contribution >= 4 is 15.9 Å². The molecule has 0 amide bonds. The minimum absolute atomic E-state index is 0.169. The first kappa shape index (κ1) is 13.0. The highest BCUT2D eigenvalue weighted by molar-refractivity contribution is 9.10. The van der Waals surface area contributed by atoms with Gasteiger partial charge in [0.2, 0.25) is 0 Å². The minimum Gasteiger partial charge on any atom is -0.311 e. The Labute approximate surface area is 111 Å². The van der Waals surface area contributed by atoms with Crippen molar-refractivity contribution in [2.75, 3.05) is 0 Å². The van der Waals surface area contributed by atoms with Crippen molar-refractivity contribution in [3.8, 4) is 0 Å². The molecule has 3 heteroatoms. The molecule has 0 aromatic heterocycles. The number of nitrogens with one attached hydrogen (secondary N) is 1. The smallest absolute Gasteiger partial charge is 0.137 e. The Balaban J connectivity index is 1.96. The largest absolute Gasteiger partial charge is 0.311 e. The van der Waals surface area contributed by atoms with Gasteiger partial charge in [-0.15, -0.1) is 0 Å². The van der Waals surface area contributed by atoms with Crippen molar-refractivity contribution in [1.29, 1.82) is 0 Å². The third-order valence-electron chi connectivity index (χ3n) is 3.50. The van der Waals surface area contributed by atoms with Gasteiger partial charge in [-0.05, 0) is 59.7 Å². The SMILES string of the molecule is CC(Cc1cccc(F)c1Br)C(C)NC1CC1. The van der Waals surface area contributed by atoms with Crippen LogP contribution in [0.25, 0.3) is 0 Å².